The first-order valence-corrected chi connectivity index (χ1v) is 8.37. The average molecular weight is 346 g/mol. The van der Waals surface area contributed by atoms with Gasteiger partial charge in [0.25, 0.3) is 5.91 Å². The predicted octanol–water partition coefficient (Wildman–Crippen LogP) is 3.10. The highest BCUT2D eigenvalue weighted by Gasteiger charge is 2.15. The Morgan fingerprint density at radius 2 is 2.08 bits per heavy atom. The molecule has 0 radical (unpaired) electrons. The Balaban J connectivity index is 1.80. The van der Waals surface area contributed by atoms with Crippen molar-refractivity contribution in [1.29, 1.82) is 0 Å². The molecular formula is C19H18N6O. The van der Waals surface area contributed by atoms with E-state index < -0.39 is 0 Å². The SMILES string of the molecule is CCn1cc(-c2cc(C(=O)Nc3ccn(C)n3)c3ccccc3n2)cn1. The Morgan fingerprint density at radius 1 is 1.23 bits per heavy atom. The zero-order valence-corrected chi connectivity index (χ0v) is 14.5. The lowest BCUT2D eigenvalue weighted by Gasteiger charge is -2.08. The van der Waals surface area contributed by atoms with E-state index in [1.807, 2.05) is 42.1 Å². The Kier molecular flexibility index (Phi) is 3.96. The number of nitrogens with zero attached hydrogens (tertiary/aromatic N) is 5. The van der Waals surface area contributed by atoms with Crippen molar-refractivity contribution < 1.29 is 4.79 Å². The van der Waals surface area contributed by atoms with Gasteiger partial charge in [-0.3, -0.25) is 14.2 Å². The number of amides is 1. The Bertz CT molecular complexity index is 1090. The average Bonchev–Trinajstić information content (AvgIpc) is 3.29. The second-order valence-electron chi connectivity index (χ2n) is 5.99. The molecule has 7 nitrogen and oxygen atoms in total. The highest BCUT2D eigenvalue weighted by molar-refractivity contribution is 6.12. The van der Waals surface area contributed by atoms with Crippen LogP contribution in [0.25, 0.3) is 22.2 Å². The van der Waals surface area contributed by atoms with E-state index >= 15 is 0 Å². The minimum absolute atomic E-state index is 0.216. The van der Waals surface area contributed by atoms with Crippen molar-refractivity contribution >= 4 is 22.6 Å². The summed E-state index contributed by atoms with van der Waals surface area (Å²) in [5.41, 5.74) is 2.92. The van der Waals surface area contributed by atoms with Crippen LogP contribution in [0.5, 0.6) is 0 Å². The fourth-order valence-corrected chi connectivity index (χ4v) is 2.85. The van der Waals surface area contributed by atoms with Crippen LogP contribution in [-0.4, -0.2) is 30.5 Å². The van der Waals surface area contributed by atoms with Crippen molar-refractivity contribution in [2.45, 2.75) is 13.5 Å². The van der Waals surface area contributed by atoms with Gasteiger partial charge in [0.1, 0.15) is 0 Å². The Hall–Kier alpha value is -3.48. The maximum Gasteiger partial charge on any atom is 0.257 e. The van der Waals surface area contributed by atoms with E-state index in [9.17, 15) is 4.79 Å². The summed E-state index contributed by atoms with van der Waals surface area (Å²) < 4.78 is 3.48. The number of aryl methyl sites for hydroxylation is 2. The molecule has 7 heteroatoms. The van der Waals surface area contributed by atoms with Gasteiger partial charge in [-0.25, -0.2) is 4.98 Å². The zero-order valence-electron chi connectivity index (χ0n) is 14.5. The number of carbonyl (C=O) groups is 1. The predicted molar refractivity (Wildman–Crippen MR) is 99.8 cm³/mol. The molecule has 0 fully saturated rings. The fourth-order valence-electron chi connectivity index (χ4n) is 2.85. The molecule has 1 N–H and O–H groups in total. The minimum Gasteiger partial charge on any atom is -0.305 e. The second-order valence-corrected chi connectivity index (χ2v) is 5.99. The molecule has 3 aromatic heterocycles. The number of aromatic nitrogens is 5. The summed E-state index contributed by atoms with van der Waals surface area (Å²) in [6.07, 6.45) is 5.48. The van der Waals surface area contributed by atoms with Gasteiger partial charge in [0.05, 0.1) is 23.0 Å². The van der Waals surface area contributed by atoms with Crippen LogP contribution in [0.15, 0.2) is 55.0 Å². The lowest BCUT2D eigenvalue weighted by atomic mass is 10.0. The molecule has 0 atom stereocenters. The number of fused-ring (bicyclic) bond motifs is 1. The standard InChI is InChI=1S/C19H18N6O/c1-3-25-12-13(11-20-25)17-10-15(14-6-4-5-7-16(14)21-17)19(26)22-18-8-9-24(2)23-18/h4-12H,3H2,1-2H3,(H,22,23,26). The van der Waals surface area contributed by atoms with Crippen molar-refractivity contribution in [2.24, 2.45) is 7.05 Å². The number of hydrogen-bond donors (Lipinski definition) is 1. The van der Waals surface area contributed by atoms with Crippen LogP contribution in [0.1, 0.15) is 17.3 Å². The first kappa shape index (κ1) is 16.0. The van der Waals surface area contributed by atoms with Crippen LogP contribution in [-0.2, 0) is 13.6 Å². The quantitative estimate of drug-likeness (QED) is 0.616. The maximum atomic E-state index is 12.9. The first-order valence-electron chi connectivity index (χ1n) is 8.37. The molecule has 0 unspecified atom stereocenters. The molecule has 0 aliphatic carbocycles. The molecule has 3 heterocycles. The van der Waals surface area contributed by atoms with Crippen molar-refractivity contribution in [3.63, 3.8) is 0 Å². The third-order valence-corrected chi connectivity index (χ3v) is 4.17. The Labute approximate surface area is 150 Å². The summed E-state index contributed by atoms with van der Waals surface area (Å²) in [7, 11) is 1.81. The lowest BCUT2D eigenvalue weighted by molar-refractivity contribution is 0.102. The molecule has 0 saturated heterocycles. The molecule has 26 heavy (non-hydrogen) atoms. The minimum atomic E-state index is -0.216. The van der Waals surface area contributed by atoms with Crippen molar-refractivity contribution in [2.75, 3.05) is 5.32 Å². The molecule has 0 aliphatic heterocycles. The van der Waals surface area contributed by atoms with E-state index in [4.69, 9.17) is 4.98 Å². The normalized spacial score (nSPS) is 11.0. The summed E-state index contributed by atoms with van der Waals surface area (Å²) in [5, 5.41) is 12.2. The third-order valence-electron chi connectivity index (χ3n) is 4.17. The van der Waals surface area contributed by atoms with Gasteiger partial charge in [-0.2, -0.15) is 10.2 Å². The largest absolute Gasteiger partial charge is 0.305 e. The van der Waals surface area contributed by atoms with Gasteiger partial charge < -0.3 is 5.32 Å². The van der Waals surface area contributed by atoms with Crippen molar-refractivity contribution in [3.05, 3.63) is 60.6 Å². The van der Waals surface area contributed by atoms with Crippen LogP contribution in [0.2, 0.25) is 0 Å². The van der Waals surface area contributed by atoms with Gasteiger partial charge >= 0.3 is 0 Å². The van der Waals surface area contributed by atoms with Crippen LogP contribution in [0.4, 0.5) is 5.82 Å². The third kappa shape index (κ3) is 2.95. The first-order chi connectivity index (χ1) is 12.6. The summed E-state index contributed by atoms with van der Waals surface area (Å²) >= 11 is 0. The maximum absolute atomic E-state index is 12.9. The molecule has 4 aromatic rings. The highest BCUT2D eigenvalue weighted by Crippen LogP contribution is 2.25. The topological polar surface area (TPSA) is 77.6 Å². The number of carbonyl (C=O) groups excluding carboxylic acids is 1. The number of hydrogen-bond acceptors (Lipinski definition) is 4. The monoisotopic (exact) mass is 346 g/mol. The van der Waals surface area contributed by atoms with Crippen LogP contribution in [0.3, 0.4) is 0 Å². The smallest absolute Gasteiger partial charge is 0.257 e. The zero-order chi connectivity index (χ0) is 18.1. The van der Waals surface area contributed by atoms with Gasteiger partial charge in [0.15, 0.2) is 5.82 Å². The van der Waals surface area contributed by atoms with E-state index in [0.29, 0.717) is 11.4 Å². The summed E-state index contributed by atoms with van der Waals surface area (Å²) in [4.78, 5) is 17.6. The molecular weight excluding hydrogens is 328 g/mol. The second kappa shape index (κ2) is 6.44. The number of anilines is 1. The number of rotatable bonds is 4. The molecule has 0 aliphatic rings. The number of pyridine rings is 1. The summed E-state index contributed by atoms with van der Waals surface area (Å²) in [6, 6.07) is 11.2. The number of nitrogens with one attached hydrogen (secondary N) is 1. The van der Waals surface area contributed by atoms with Gasteiger partial charge in [-0.05, 0) is 19.1 Å². The van der Waals surface area contributed by atoms with E-state index in [0.717, 1.165) is 28.7 Å². The Morgan fingerprint density at radius 3 is 2.81 bits per heavy atom. The summed E-state index contributed by atoms with van der Waals surface area (Å²) in [5.74, 6) is 0.296. The van der Waals surface area contributed by atoms with E-state index in [1.54, 1.807) is 36.3 Å². The number of benzene rings is 1. The van der Waals surface area contributed by atoms with Gasteiger partial charge in [-0.15, -0.1) is 0 Å². The molecule has 0 bridgehead atoms. The van der Waals surface area contributed by atoms with Crippen LogP contribution >= 0.6 is 0 Å². The molecule has 130 valence electrons. The van der Waals surface area contributed by atoms with E-state index in [2.05, 4.69) is 15.5 Å². The van der Waals surface area contributed by atoms with Crippen LogP contribution in [0, 0.1) is 0 Å². The molecule has 0 saturated carbocycles. The van der Waals surface area contributed by atoms with Gasteiger partial charge in [0.2, 0.25) is 0 Å². The van der Waals surface area contributed by atoms with Crippen molar-refractivity contribution in [1.82, 2.24) is 24.5 Å². The van der Waals surface area contributed by atoms with E-state index in [1.165, 1.54) is 0 Å². The molecule has 1 aromatic carbocycles. The lowest BCUT2D eigenvalue weighted by Crippen LogP contribution is -2.13. The highest BCUT2D eigenvalue weighted by atomic mass is 16.1. The molecule has 4 rings (SSSR count). The van der Waals surface area contributed by atoms with E-state index in [-0.39, 0.29) is 5.91 Å². The number of para-hydroxylation sites is 1. The molecule has 1 amide bonds. The van der Waals surface area contributed by atoms with Crippen molar-refractivity contribution in [3.8, 4) is 11.3 Å². The fraction of sp³-hybridized carbons (Fsp3) is 0.158. The summed E-state index contributed by atoms with van der Waals surface area (Å²) in [6.45, 7) is 2.80. The van der Waals surface area contributed by atoms with Crippen LogP contribution < -0.4 is 5.32 Å². The van der Waals surface area contributed by atoms with Gasteiger partial charge in [0, 0.05) is 43.0 Å². The molecule has 0 spiro atoms. The van der Waals surface area contributed by atoms with Gasteiger partial charge in [-0.1, -0.05) is 18.2 Å².